The van der Waals surface area contributed by atoms with Gasteiger partial charge in [0, 0.05) is 5.92 Å². The van der Waals surface area contributed by atoms with Gasteiger partial charge in [-0.1, -0.05) is 79.4 Å². The van der Waals surface area contributed by atoms with Crippen molar-refractivity contribution in [2.45, 2.75) is 18.4 Å². The summed E-state index contributed by atoms with van der Waals surface area (Å²) in [6, 6.07) is 21.9. The van der Waals surface area contributed by atoms with Crippen molar-refractivity contribution in [1.29, 1.82) is 0 Å². The van der Waals surface area contributed by atoms with E-state index in [9.17, 15) is 0 Å². The molecular formula is C25H23NO. The van der Waals surface area contributed by atoms with Crippen LogP contribution in [0.15, 0.2) is 85.5 Å². The fourth-order valence-electron chi connectivity index (χ4n) is 4.69. The van der Waals surface area contributed by atoms with E-state index in [0.29, 0.717) is 18.4 Å². The highest BCUT2D eigenvalue weighted by Crippen LogP contribution is 2.52. The van der Waals surface area contributed by atoms with Crippen LogP contribution in [0.25, 0.3) is 10.8 Å². The maximum absolute atomic E-state index is 5.97. The lowest BCUT2D eigenvalue weighted by Gasteiger charge is -2.38. The number of para-hydroxylation sites is 1. The van der Waals surface area contributed by atoms with Gasteiger partial charge in [-0.2, -0.15) is 0 Å². The number of allylic oxidation sites excluding steroid dienone is 2. The van der Waals surface area contributed by atoms with E-state index < -0.39 is 0 Å². The van der Waals surface area contributed by atoms with Gasteiger partial charge in [0.25, 0.3) is 0 Å². The van der Waals surface area contributed by atoms with Crippen molar-refractivity contribution in [1.82, 2.24) is 0 Å². The van der Waals surface area contributed by atoms with E-state index >= 15 is 0 Å². The van der Waals surface area contributed by atoms with Gasteiger partial charge in [0.1, 0.15) is 12.4 Å². The minimum absolute atomic E-state index is 0.261. The Kier molecular flexibility index (Phi) is 3.97. The predicted octanol–water partition coefficient (Wildman–Crippen LogP) is 6.23. The van der Waals surface area contributed by atoms with Crippen molar-refractivity contribution in [3.05, 3.63) is 96.6 Å². The molecule has 0 saturated carbocycles. The normalized spacial score (nSPS) is 22.7. The summed E-state index contributed by atoms with van der Waals surface area (Å²) >= 11 is 0. The zero-order valence-corrected chi connectivity index (χ0v) is 15.3. The van der Waals surface area contributed by atoms with Crippen molar-refractivity contribution < 1.29 is 4.74 Å². The molecule has 3 aromatic rings. The summed E-state index contributed by atoms with van der Waals surface area (Å²) in [6.07, 6.45) is 7.60. The van der Waals surface area contributed by atoms with E-state index in [1.54, 1.807) is 6.08 Å². The number of nitrogens with one attached hydrogen (secondary N) is 1. The van der Waals surface area contributed by atoms with Crippen LogP contribution in [0.4, 0.5) is 5.69 Å². The number of anilines is 1. The Morgan fingerprint density at radius 3 is 2.74 bits per heavy atom. The molecule has 0 radical (unpaired) electrons. The highest BCUT2D eigenvalue weighted by molar-refractivity contribution is 5.87. The summed E-state index contributed by atoms with van der Waals surface area (Å²) in [5, 5.41) is 6.48. The molecule has 2 heteroatoms. The smallest absolute Gasteiger partial charge is 0.143 e. The Labute approximate surface area is 160 Å². The molecule has 0 amide bonds. The maximum Gasteiger partial charge on any atom is 0.143 e. The maximum atomic E-state index is 5.97. The highest BCUT2D eigenvalue weighted by Gasteiger charge is 2.39. The summed E-state index contributed by atoms with van der Waals surface area (Å²) in [5.74, 6) is 1.87. The zero-order chi connectivity index (χ0) is 18.2. The van der Waals surface area contributed by atoms with Crippen molar-refractivity contribution in [3.63, 3.8) is 0 Å². The van der Waals surface area contributed by atoms with Gasteiger partial charge in [-0.3, -0.25) is 0 Å². The number of ether oxygens (including phenoxy) is 1. The second kappa shape index (κ2) is 6.62. The molecule has 1 N–H and O–H groups in total. The minimum Gasteiger partial charge on any atom is -0.487 e. The molecule has 0 spiro atoms. The number of benzene rings is 3. The largest absolute Gasteiger partial charge is 0.487 e. The molecule has 0 aromatic heterocycles. The van der Waals surface area contributed by atoms with Crippen LogP contribution < -0.4 is 10.1 Å². The average Bonchev–Trinajstić information content (AvgIpc) is 3.21. The van der Waals surface area contributed by atoms with E-state index in [1.165, 1.54) is 21.9 Å². The van der Waals surface area contributed by atoms with Crippen molar-refractivity contribution in [2.24, 2.45) is 5.92 Å². The fraction of sp³-hybridized carbons (Fsp3) is 0.200. The van der Waals surface area contributed by atoms with E-state index in [0.717, 1.165) is 17.9 Å². The van der Waals surface area contributed by atoms with Gasteiger partial charge in [-0.25, -0.2) is 0 Å². The summed E-state index contributed by atoms with van der Waals surface area (Å²) in [4.78, 5) is 0. The van der Waals surface area contributed by atoms with Gasteiger partial charge in [0.05, 0.1) is 11.7 Å². The van der Waals surface area contributed by atoms with E-state index in [1.807, 2.05) is 0 Å². The molecule has 27 heavy (non-hydrogen) atoms. The fourth-order valence-corrected chi connectivity index (χ4v) is 4.69. The Bertz CT molecular complexity index is 1030. The molecular weight excluding hydrogens is 330 g/mol. The molecule has 1 heterocycles. The third-order valence-electron chi connectivity index (χ3n) is 5.87. The lowest BCUT2D eigenvalue weighted by atomic mass is 9.76. The van der Waals surface area contributed by atoms with Crippen LogP contribution in [0.5, 0.6) is 5.75 Å². The van der Waals surface area contributed by atoms with Crippen LogP contribution >= 0.6 is 0 Å². The molecule has 0 bridgehead atoms. The molecule has 3 unspecified atom stereocenters. The summed E-state index contributed by atoms with van der Waals surface area (Å²) < 4.78 is 5.97. The zero-order valence-electron chi connectivity index (χ0n) is 15.3. The quantitative estimate of drug-likeness (QED) is 0.561. The Morgan fingerprint density at radius 2 is 1.81 bits per heavy atom. The molecule has 1 aliphatic heterocycles. The molecule has 1 aliphatic carbocycles. The highest BCUT2D eigenvalue weighted by atomic mass is 16.5. The molecule has 5 rings (SSSR count). The van der Waals surface area contributed by atoms with Crippen LogP contribution in [0.3, 0.4) is 0 Å². The first-order valence-corrected chi connectivity index (χ1v) is 9.64. The van der Waals surface area contributed by atoms with Gasteiger partial charge in [-0.05, 0) is 40.3 Å². The Hall–Kier alpha value is -3.00. The summed E-state index contributed by atoms with van der Waals surface area (Å²) in [5.41, 5.74) is 3.84. The average molecular weight is 353 g/mol. The van der Waals surface area contributed by atoms with Crippen LogP contribution in [0.2, 0.25) is 0 Å². The third kappa shape index (κ3) is 2.64. The number of hydrogen-bond acceptors (Lipinski definition) is 2. The lowest BCUT2D eigenvalue weighted by Crippen LogP contribution is -2.29. The minimum atomic E-state index is 0.261. The van der Waals surface area contributed by atoms with Gasteiger partial charge < -0.3 is 10.1 Å². The topological polar surface area (TPSA) is 21.3 Å². The molecule has 2 aliphatic rings. The SMILES string of the molecule is C=CCOc1cccc2c1NC(c1cccc3ccccc13)C1CC=CC21. The first kappa shape index (κ1) is 16.2. The van der Waals surface area contributed by atoms with Crippen molar-refractivity contribution in [2.75, 3.05) is 11.9 Å². The molecule has 0 fully saturated rings. The van der Waals surface area contributed by atoms with Crippen LogP contribution in [0.1, 0.15) is 29.5 Å². The van der Waals surface area contributed by atoms with Gasteiger partial charge in [0.2, 0.25) is 0 Å². The number of rotatable bonds is 4. The summed E-state index contributed by atoms with van der Waals surface area (Å²) in [6.45, 7) is 4.30. The van der Waals surface area contributed by atoms with Crippen molar-refractivity contribution >= 4 is 16.5 Å². The Balaban J connectivity index is 1.64. The number of fused-ring (bicyclic) bond motifs is 4. The first-order valence-electron chi connectivity index (χ1n) is 9.64. The second-order valence-corrected chi connectivity index (χ2v) is 7.36. The van der Waals surface area contributed by atoms with Crippen molar-refractivity contribution in [3.8, 4) is 5.75 Å². The monoisotopic (exact) mass is 353 g/mol. The number of hydrogen-bond donors (Lipinski definition) is 1. The summed E-state index contributed by atoms with van der Waals surface area (Å²) in [7, 11) is 0. The predicted molar refractivity (Wildman–Crippen MR) is 112 cm³/mol. The Morgan fingerprint density at radius 1 is 1.00 bits per heavy atom. The molecule has 0 saturated heterocycles. The molecule has 3 aromatic carbocycles. The van der Waals surface area contributed by atoms with Gasteiger partial charge >= 0.3 is 0 Å². The standard InChI is InChI=1S/C25H23NO/c1-2-16-27-23-15-7-14-22-19-11-6-13-21(19)24(26-25(22)23)20-12-5-9-17-8-3-4-10-18(17)20/h2-12,14-15,19,21,24,26H,1,13,16H2. The van der Waals surface area contributed by atoms with Gasteiger partial charge in [-0.15, -0.1) is 0 Å². The second-order valence-electron chi connectivity index (χ2n) is 7.36. The van der Waals surface area contributed by atoms with Crippen LogP contribution in [0, 0.1) is 5.92 Å². The third-order valence-corrected chi connectivity index (χ3v) is 5.87. The van der Waals surface area contributed by atoms with Gasteiger partial charge in [0.15, 0.2) is 0 Å². The van der Waals surface area contributed by atoms with E-state index in [4.69, 9.17) is 4.74 Å². The molecule has 2 nitrogen and oxygen atoms in total. The molecule has 3 atom stereocenters. The van der Waals surface area contributed by atoms with E-state index in [-0.39, 0.29) is 6.04 Å². The van der Waals surface area contributed by atoms with Crippen LogP contribution in [-0.2, 0) is 0 Å². The van der Waals surface area contributed by atoms with Crippen LogP contribution in [-0.4, -0.2) is 6.61 Å². The van der Waals surface area contributed by atoms with E-state index in [2.05, 4.69) is 84.7 Å². The first-order chi connectivity index (χ1) is 13.4. The molecule has 134 valence electrons. The lowest BCUT2D eigenvalue weighted by molar-refractivity contribution is 0.358.